The van der Waals surface area contributed by atoms with Gasteiger partial charge in [-0.1, -0.05) is 31.9 Å². The van der Waals surface area contributed by atoms with Gasteiger partial charge in [-0.05, 0) is 36.4 Å². The topological polar surface area (TPSA) is 164 Å². The molecular weight excluding hydrogens is 515 g/mol. The summed E-state index contributed by atoms with van der Waals surface area (Å²) < 4.78 is 1.76. The van der Waals surface area contributed by atoms with Gasteiger partial charge in [0.2, 0.25) is 5.91 Å². The van der Waals surface area contributed by atoms with Crippen molar-refractivity contribution in [2.75, 3.05) is 17.6 Å². The van der Waals surface area contributed by atoms with E-state index in [1.165, 1.54) is 0 Å². The second-order valence-electron chi connectivity index (χ2n) is 5.59. The minimum Gasteiger partial charge on any atom is -1.00 e. The van der Waals surface area contributed by atoms with Gasteiger partial charge in [0.15, 0.2) is 0 Å². The van der Waals surface area contributed by atoms with Crippen molar-refractivity contribution in [1.82, 2.24) is 4.98 Å². The molecule has 0 radical (unpaired) electrons. The first-order valence-corrected chi connectivity index (χ1v) is 9.40. The summed E-state index contributed by atoms with van der Waals surface area (Å²) in [7, 11) is 0. The summed E-state index contributed by atoms with van der Waals surface area (Å²) in [5.74, 6) is -1.01. The van der Waals surface area contributed by atoms with Crippen LogP contribution in [0.4, 0.5) is 11.4 Å². The Hall–Kier alpha value is -2.03. The number of carbonyl (C=O) groups is 2. The molecule has 2 amide bonds. The van der Waals surface area contributed by atoms with E-state index in [4.69, 9.17) is 22.5 Å². The molecule has 0 spiro atoms. The molecule has 8 N–H and O–H groups in total. The number of nitrogens with two attached hydrogens (primary N) is 3. The van der Waals surface area contributed by atoms with Crippen LogP contribution in [0.1, 0.15) is 17.5 Å². The van der Waals surface area contributed by atoms with E-state index in [0.717, 1.165) is 19.8 Å². The van der Waals surface area contributed by atoms with Crippen molar-refractivity contribution in [3.63, 3.8) is 0 Å². The monoisotopic (exact) mass is 530 g/mol. The maximum absolute atomic E-state index is 11.0. The molecule has 0 atom stereocenters. The van der Waals surface area contributed by atoms with Crippen LogP contribution in [-0.4, -0.2) is 23.3 Å². The molecule has 0 fully saturated rings. The van der Waals surface area contributed by atoms with E-state index < -0.39 is 11.8 Å². The Labute approximate surface area is 207 Å². The Balaban J connectivity index is 0.000000526. The number of halogens is 2. The molecular formula is C18H17Br2N6NaO2. The Morgan fingerprint density at radius 3 is 2.34 bits per heavy atom. The number of anilines is 2. The third kappa shape index (κ3) is 6.76. The van der Waals surface area contributed by atoms with Gasteiger partial charge >= 0.3 is 29.6 Å². The fourth-order valence-corrected chi connectivity index (χ4v) is 3.05. The van der Waals surface area contributed by atoms with E-state index in [-0.39, 0.29) is 43.2 Å². The van der Waals surface area contributed by atoms with E-state index in [0.29, 0.717) is 16.9 Å². The van der Waals surface area contributed by atoms with Crippen LogP contribution in [0.2, 0.25) is 0 Å². The van der Waals surface area contributed by atoms with E-state index in [1.807, 2.05) is 24.3 Å². The summed E-state index contributed by atoms with van der Waals surface area (Å²) >= 11 is 6.59. The molecule has 0 saturated heterocycles. The molecule has 1 aromatic heterocycles. The fraction of sp³-hybridized carbons (Fsp3) is 0.0556. The number of H-pyrrole nitrogens is 1. The first-order chi connectivity index (χ1) is 13.2. The maximum atomic E-state index is 11.0. The average molecular weight is 532 g/mol. The number of nitrogen functional groups attached to an aromatic ring is 1. The molecule has 146 valence electrons. The normalized spacial score (nSPS) is 9.55. The number of aromatic nitrogens is 1. The SMILES string of the molecule is N#Cc1ccc(Br)cc1NCC(N)=O.NC(=O)c1[nH]c2cc(Br)ccc2c1N.[H-].[Na+]. The molecule has 8 nitrogen and oxygen atoms in total. The number of carbonyl (C=O) groups excluding carboxylic acids is 2. The summed E-state index contributed by atoms with van der Waals surface area (Å²) in [5.41, 5.74) is 18.4. The van der Waals surface area contributed by atoms with E-state index >= 15 is 0 Å². The van der Waals surface area contributed by atoms with Gasteiger partial charge in [-0.15, -0.1) is 0 Å². The number of fused-ring (bicyclic) bond motifs is 1. The number of primary amides is 2. The van der Waals surface area contributed by atoms with Crippen molar-refractivity contribution in [1.29, 1.82) is 5.26 Å². The summed E-state index contributed by atoms with van der Waals surface area (Å²) in [6.45, 7) is 0.0190. The Bertz CT molecular complexity index is 1100. The molecule has 0 aliphatic rings. The second-order valence-corrected chi connectivity index (χ2v) is 7.42. The van der Waals surface area contributed by atoms with Crippen molar-refractivity contribution in [2.45, 2.75) is 0 Å². The third-order valence-corrected chi connectivity index (χ3v) is 4.59. The summed E-state index contributed by atoms with van der Waals surface area (Å²) in [5, 5.41) is 12.3. The van der Waals surface area contributed by atoms with Crippen LogP contribution in [0.3, 0.4) is 0 Å². The zero-order valence-corrected chi connectivity index (χ0v) is 20.6. The molecule has 3 rings (SSSR count). The van der Waals surface area contributed by atoms with E-state index in [1.54, 1.807) is 18.2 Å². The number of aromatic amines is 1. The molecule has 1 heterocycles. The van der Waals surface area contributed by atoms with Crippen LogP contribution in [0.15, 0.2) is 45.3 Å². The standard InChI is InChI=1S/2C9H8BrN3O.Na.H/c10-4-1-2-5-6(3-4)13-8(7(5)11)9(12)14;10-7-2-1-6(4-11)8(3-7)13-5-9(12)14;;/h1-3,13H,11H2,(H2,12,14);1-3,13H,5H2,(H2,12,14);;/q;;+1;-1. The van der Waals surface area contributed by atoms with Crippen LogP contribution in [-0.2, 0) is 4.79 Å². The fourth-order valence-electron chi connectivity index (χ4n) is 2.33. The smallest absolute Gasteiger partial charge is 1.00 e. The third-order valence-electron chi connectivity index (χ3n) is 3.60. The van der Waals surface area contributed by atoms with Crippen LogP contribution < -0.4 is 52.1 Å². The summed E-state index contributed by atoms with van der Waals surface area (Å²) in [4.78, 5) is 24.4. The van der Waals surface area contributed by atoms with Gasteiger partial charge in [0.1, 0.15) is 11.8 Å². The van der Waals surface area contributed by atoms with Crippen molar-refractivity contribution in [3.05, 3.63) is 56.6 Å². The van der Waals surface area contributed by atoms with Gasteiger partial charge in [0, 0.05) is 19.8 Å². The van der Waals surface area contributed by atoms with Crippen molar-refractivity contribution in [2.24, 2.45) is 11.5 Å². The van der Waals surface area contributed by atoms with Crippen LogP contribution >= 0.6 is 31.9 Å². The predicted molar refractivity (Wildman–Crippen MR) is 117 cm³/mol. The number of benzene rings is 2. The molecule has 0 bridgehead atoms. The first kappa shape index (κ1) is 25.0. The molecule has 3 aromatic rings. The van der Waals surface area contributed by atoms with Crippen LogP contribution in [0.25, 0.3) is 10.9 Å². The summed E-state index contributed by atoms with van der Waals surface area (Å²) in [6.07, 6.45) is 0. The quantitative estimate of drug-likeness (QED) is 0.297. The number of nitrogens with one attached hydrogen (secondary N) is 2. The molecule has 29 heavy (non-hydrogen) atoms. The van der Waals surface area contributed by atoms with E-state index in [2.05, 4.69) is 42.2 Å². The number of rotatable bonds is 4. The molecule has 0 aliphatic heterocycles. The number of hydrogen-bond acceptors (Lipinski definition) is 5. The van der Waals surface area contributed by atoms with Gasteiger partial charge in [-0.25, -0.2) is 0 Å². The molecule has 0 unspecified atom stereocenters. The van der Waals surface area contributed by atoms with Gasteiger partial charge in [0.25, 0.3) is 5.91 Å². The van der Waals surface area contributed by atoms with Crippen molar-refractivity contribution < 1.29 is 40.6 Å². The van der Waals surface area contributed by atoms with Crippen LogP contribution in [0, 0.1) is 11.3 Å². The number of amides is 2. The Morgan fingerprint density at radius 1 is 1.14 bits per heavy atom. The number of nitriles is 1. The van der Waals surface area contributed by atoms with Crippen molar-refractivity contribution in [3.8, 4) is 6.07 Å². The zero-order valence-electron chi connectivity index (χ0n) is 16.4. The van der Waals surface area contributed by atoms with Gasteiger partial charge in [-0.2, -0.15) is 5.26 Å². The van der Waals surface area contributed by atoms with Gasteiger partial charge < -0.3 is 28.9 Å². The van der Waals surface area contributed by atoms with Crippen molar-refractivity contribution >= 4 is 66.0 Å². The average Bonchev–Trinajstić information content (AvgIpc) is 2.96. The molecule has 11 heteroatoms. The summed E-state index contributed by atoms with van der Waals surface area (Å²) in [6, 6.07) is 12.7. The minimum absolute atomic E-state index is 0. The Kier molecular flexibility index (Phi) is 9.68. The van der Waals surface area contributed by atoms with Gasteiger partial charge in [-0.3, -0.25) is 9.59 Å². The number of hydrogen-bond donors (Lipinski definition) is 5. The molecule has 2 aromatic carbocycles. The second kappa shape index (κ2) is 11.2. The Morgan fingerprint density at radius 2 is 1.76 bits per heavy atom. The first-order valence-electron chi connectivity index (χ1n) is 7.81. The van der Waals surface area contributed by atoms with E-state index in [9.17, 15) is 9.59 Å². The molecule has 0 saturated carbocycles. The minimum atomic E-state index is -0.546. The predicted octanol–water partition coefficient (Wildman–Crippen LogP) is -0.0540. The molecule has 0 aliphatic carbocycles. The maximum Gasteiger partial charge on any atom is 1.00 e. The van der Waals surface area contributed by atoms with Gasteiger partial charge in [0.05, 0.1) is 23.5 Å². The van der Waals surface area contributed by atoms with Crippen LogP contribution in [0.5, 0.6) is 0 Å². The largest absolute Gasteiger partial charge is 1.00 e. The number of nitrogens with zero attached hydrogens (tertiary/aromatic N) is 1. The zero-order chi connectivity index (χ0) is 20.8.